The molecule has 1 aliphatic rings. The van der Waals surface area contributed by atoms with E-state index >= 15 is 0 Å². The minimum absolute atomic E-state index is 0.0174. The average molecular weight is 235 g/mol. The first kappa shape index (κ1) is 12.0. The van der Waals surface area contributed by atoms with Crippen molar-refractivity contribution in [3.63, 3.8) is 0 Å². The predicted octanol–water partition coefficient (Wildman–Crippen LogP) is 1.06. The number of nitrogens with one attached hydrogen (secondary N) is 1. The van der Waals surface area contributed by atoms with E-state index < -0.39 is 0 Å². The molecule has 1 fully saturated rings. The number of rotatable bonds is 4. The second kappa shape index (κ2) is 5.75. The third kappa shape index (κ3) is 3.25. The van der Waals surface area contributed by atoms with Gasteiger partial charge in [-0.25, -0.2) is 0 Å². The molecule has 5 nitrogen and oxygen atoms in total. The third-order valence-electron chi connectivity index (χ3n) is 2.79. The molecule has 0 amide bonds. The quantitative estimate of drug-likeness (QED) is 0.604. The van der Waals surface area contributed by atoms with Crippen LogP contribution in [-0.4, -0.2) is 30.1 Å². The van der Waals surface area contributed by atoms with Crippen molar-refractivity contribution in [2.45, 2.75) is 25.6 Å². The van der Waals surface area contributed by atoms with Crippen LogP contribution < -0.4 is 5.73 Å². The minimum atomic E-state index is -0.0174. The second-order valence-corrected chi connectivity index (χ2v) is 4.05. The van der Waals surface area contributed by atoms with Crippen LogP contribution in [0.1, 0.15) is 24.1 Å². The molecule has 0 aliphatic carbocycles. The lowest BCUT2D eigenvalue weighted by Gasteiger charge is -2.22. The van der Waals surface area contributed by atoms with E-state index in [1.165, 1.54) is 0 Å². The number of ether oxygens (including phenoxy) is 2. The highest BCUT2D eigenvalue weighted by atomic mass is 16.5. The Morgan fingerprint density at radius 2 is 2.29 bits per heavy atom. The Morgan fingerprint density at radius 1 is 1.53 bits per heavy atom. The largest absolute Gasteiger partial charge is 0.382 e. The Labute approximate surface area is 100 Å². The van der Waals surface area contributed by atoms with E-state index in [1.807, 2.05) is 12.1 Å². The summed E-state index contributed by atoms with van der Waals surface area (Å²) in [5.41, 5.74) is 6.85. The van der Waals surface area contributed by atoms with Crippen LogP contribution in [0.5, 0.6) is 0 Å². The molecule has 0 bridgehead atoms. The van der Waals surface area contributed by atoms with E-state index in [4.69, 9.17) is 20.6 Å². The van der Waals surface area contributed by atoms with Gasteiger partial charge in [-0.3, -0.25) is 10.4 Å². The molecule has 0 unspecified atom stereocenters. The third-order valence-corrected chi connectivity index (χ3v) is 2.79. The van der Waals surface area contributed by atoms with Crippen molar-refractivity contribution >= 4 is 5.84 Å². The maximum Gasteiger partial charge on any atom is 0.142 e. The number of nitrogen functional groups attached to an aromatic ring is 1. The molecular formula is C12H17N3O2. The zero-order valence-corrected chi connectivity index (χ0v) is 9.69. The molecule has 5 heteroatoms. The number of nitrogens with zero attached hydrogens (tertiary/aromatic N) is 1. The van der Waals surface area contributed by atoms with Crippen molar-refractivity contribution in [2.24, 2.45) is 5.73 Å². The summed E-state index contributed by atoms with van der Waals surface area (Å²) in [6.45, 7) is 1.97. The van der Waals surface area contributed by atoms with Crippen LogP contribution in [0.4, 0.5) is 0 Å². The fourth-order valence-electron chi connectivity index (χ4n) is 1.85. The van der Waals surface area contributed by atoms with Crippen LogP contribution >= 0.6 is 0 Å². The first-order valence-corrected chi connectivity index (χ1v) is 5.75. The van der Waals surface area contributed by atoms with Crippen LogP contribution in [0.25, 0.3) is 0 Å². The molecule has 1 aromatic heterocycles. The van der Waals surface area contributed by atoms with Crippen LogP contribution in [0.2, 0.25) is 0 Å². The van der Waals surface area contributed by atoms with Crippen molar-refractivity contribution in [3.05, 3.63) is 29.6 Å². The van der Waals surface area contributed by atoms with E-state index in [-0.39, 0.29) is 11.9 Å². The molecule has 2 rings (SSSR count). The summed E-state index contributed by atoms with van der Waals surface area (Å²) >= 11 is 0. The molecule has 3 N–H and O–H groups in total. The van der Waals surface area contributed by atoms with Gasteiger partial charge >= 0.3 is 0 Å². The molecular weight excluding hydrogens is 218 g/mol. The molecule has 1 aromatic rings. The normalized spacial score (nSPS) is 16.9. The fourth-order valence-corrected chi connectivity index (χ4v) is 1.85. The maximum atomic E-state index is 7.44. The van der Waals surface area contributed by atoms with Gasteiger partial charge in [-0.05, 0) is 18.9 Å². The second-order valence-electron chi connectivity index (χ2n) is 4.05. The van der Waals surface area contributed by atoms with Gasteiger partial charge in [0.2, 0.25) is 0 Å². The van der Waals surface area contributed by atoms with E-state index in [0.717, 1.165) is 31.6 Å². The maximum absolute atomic E-state index is 7.44. The number of amidine groups is 1. The summed E-state index contributed by atoms with van der Waals surface area (Å²) in [7, 11) is 0. The average Bonchev–Trinajstić information content (AvgIpc) is 2.38. The Hall–Kier alpha value is -1.46. The van der Waals surface area contributed by atoms with E-state index in [2.05, 4.69) is 4.98 Å². The van der Waals surface area contributed by atoms with Gasteiger partial charge < -0.3 is 15.2 Å². The molecule has 0 aromatic carbocycles. The molecule has 1 aliphatic heterocycles. The lowest BCUT2D eigenvalue weighted by Crippen LogP contribution is -2.24. The molecule has 2 heterocycles. The van der Waals surface area contributed by atoms with Crippen LogP contribution in [0, 0.1) is 5.41 Å². The van der Waals surface area contributed by atoms with Gasteiger partial charge in [-0.2, -0.15) is 0 Å². The van der Waals surface area contributed by atoms with Crippen molar-refractivity contribution < 1.29 is 9.47 Å². The van der Waals surface area contributed by atoms with Crippen LogP contribution in [0.3, 0.4) is 0 Å². The molecule has 17 heavy (non-hydrogen) atoms. The van der Waals surface area contributed by atoms with Crippen molar-refractivity contribution in [3.8, 4) is 0 Å². The zero-order valence-electron chi connectivity index (χ0n) is 9.69. The van der Waals surface area contributed by atoms with Gasteiger partial charge in [-0.15, -0.1) is 0 Å². The van der Waals surface area contributed by atoms with Gasteiger partial charge in [0.1, 0.15) is 11.5 Å². The first-order chi connectivity index (χ1) is 8.27. The minimum Gasteiger partial charge on any atom is -0.382 e. The number of aromatic nitrogens is 1. The van der Waals surface area contributed by atoms with E-state index in [1.54, 1.807) is 6.20 Å². The number of nitrogens with two attached hydrogens (primary N) is 1. The van der Waals surface area contributed by atoms with Crippen molar-refractivity contribution in [2.75, 3.05) is 13.2 Å². The van der Waals surface area contributed by atoms with Gasteiger partial charge in [0.05, 0.1) is 12.7 Å². The highest BCUT2D eigenvalue weighted by molar-refractivity contribution is 5.94. The number of hydrogen-bond acceptors (Lipinski definition) is 4. The Balaban J connectivity index is 1.96. The first-order valence-electron chi connectivity index (χ1n) is 5.75. The summed E-state index contributed by atoms with van der Waals surface area (Å²) < 4.78 is 11.1. The summed E-state index contributed by atoms with van der Waals surface area (Å²) in [5, 5.41) is 7.44. The molecule has 0 radical (unpaired) electrons. The monoisotopic (exact) mass is 235 g/mol. The van der Waals surface area contributed by atoms with Crippen LogP contribution in [0.15, 0.2) is 18.3 Å². The standard InChI is InChI=1S/C12H17N3O2/c13-12(14)11-9(2-1-5-15-11)8-17-10-3-6-16-7-4-10/h1-2,5,10H,3-4,6-8H2,(H3,13,14). The highest BCUT2D eigenvalue weighted by Crippen LogP contribution is 2.14. The highest BCUT2D eigenvalue weighted by Gasteiger charge is 2.15. The van der Waals surface area contributed by atoms with Crippen LogP contribution in [-0.2, 0) is 16.1 Å². The number of pyridine rings is 1. The molecule has 92 valence electrons. The van der Waals surface area contributed by atoms with Crippen molar-refractivity contribution in [1.82, 2.24) is 4.98 Å². The predicted molar refractivity (Wildman–Crippen MR) is 63.9 cm³/mol. The van der Waals surface area contributed by atoms with Gasteiger partial charge in [0.25, 0.3) is 0 Å². The SMILES string of the molecule is N=C(N)c1ncccc1COC1CCOCC1. The molecule has 1 saturated heterocycles. The Kier molecular flexibility index (Phi) is 4.06. The Morgan fingerprint density at radius 3 is 3.00 bits per heavy atom. The van der Waals surface area contributed by atoms with Gasteiger partial charge in [0.15, 0.2) is 0 Å². The summed E-state index contributed by atoms with van der Waals surface area (Å²) in [4.78, 5) is 4.09. The molecule has 0 atom stereocenters. The van der Waals surface area contributed by atoms with E-state index in [0.29, 0.717) is 12.3 Å². The Bertz CT molecular complexity index is 389. The van der Waals surface area contributed by atoms with Gasteiger partial charge in [0, 0.05) is 25.0 Å². The lowest BCUT2D eigenvalue weighted by atomic mass is 10.1. The lowest BCUT2D eigenvalue weighted by molar-refractivity contribution is -0.0391. The topological polar surface area (TPSA) is 81.2 Å². The molecule has 0 spiro atoms. The summed E-state index contributed by atoms with van der Waals surface area (Å²) in [6, 6.07) is 3.72. The smallest absolute Gasteiger partial charge is 0.142 e. The fraction of sp³-hybridized carbons (Fsp3) is 0.500. The van der Waals surface area contributed by atoms with Gasteiger partial charge in [-0.1, -0.05) is 6.07 Å². The molecule has 0 saturated carbocycles. The van der Waals surface area contributed by atoms with E-state index in [9.17, 15) is 0 Å². The number of hydrogen-bond donors (Lipinski definition) is 2. The zero-order chi connectivity index (χ0) is 12.1. The van der Waals surface area contributed by atoms with Crippen molar-refractivity contribution in [1.29, 1.82) is 5.41 Å². The summed E-state index contributed by atoms with van der Waals surface area (Å²) in [6.07, 6.45) is 3.73. The summed E-state index contributed by atoms with van der Waals surface area (Å²) in [5.74, 6) is -0.0174.